The Hall–Kier alpha value is 0.0800. The van der Waals surface area contributed by atoms with Gasteiger partial charge in [-0.1, -0.05) is 48.1 Å². The smallest absolute Gasteiger partial charge is 0.311 e. The number of halogens is 3. The third kappa shape index (κ3) is 7.17. The lowest BCUT2D eigenvalue weighted by atomic mass is 10.3. The molecule has 0 heterocycles. The number of carbonyl (C=O) groups excluding carboxylic acids is 1. The second-order valence-electron chi connectivity index (χ2n) is 2.42. The minimum absolute atomic E-state index is 0.0619. The Morgan fingerprint density at radius 3 is 2.38 bits per heavy atom. The van der Waals surface area contributed by atoms with E-state index < -0.39 is 5.97 Å². The van der Waals surface area contributed by atoms with Crippen molar-refractivity contribution >= 4 is 40.8 Å². The Balaban J connectivity index is 3.69. The molecule has 0 aromatic carbocycles. The third-order valence-electron chi connectivity index (χ3n) is 1.27. The van der Waals surface area contributed by atoms with Crippen molar-refractivity contribution in [1.82, 2.24) is 0 Å². The average Bonchev–Trinajstić information content (AvgIpc) is 2.04. The predicted octanol–water partition coefficient (Wildman–Crippen LogP) is 3.61. The second-order valence-corrected chi connectivity index (χ2v) is 3.82. The van der Waals surface area contributed by atoms with Gasteiger partial charge in [0.15, 0.2) is 0 Å². The van der Waals surface area contributed by atoms with Crippen molar-refractivity contribution in [2.75, 3.05) is 6.61 Å². The van der Waals surface area contributed by atoms with E-state index in [0.717, 1.165) is 12.8 Å². The van der Waals surface area contributed by atoms with Crippen LogP contribution in [-0.2, 0) is 9.53 Å². The maximum Gasteiger partial charge on any atom is 0.311 e. The fourth-order valence-corrected chi connectivity index (χ4v) is 0.818. The molecule has 0 rings (SSSR count). The molecule has 0 fully saturated rings. The van der Waals surface area contributed by atoms with Gasteiger partial charge in [0.05, 0.1) is 18.1 Å². The number of hydrogen-bond acceptors (Lipinski definition) is 2. The van der Waals surface area contributed by atoms with Gasteiger partial charge in [-0.25, -0.2) is 0 Å². The van der Waals surface area contributed by atoms with Crippen molar-refractivity contribution < 1.29 is 9.53 Å². The van der Waals surface area contributed by atoms with Crippen molar-refractivity contribution in [3.05, 3.63) is 9.52 Å². The number of hydrogen-bond donors (Lipinski definition) is 0. The van der Waals surface area contributed by atoms with Crippen LogP contribution in [0.5, 0.6) is 0 Å². The van der Waals surface area contributed by atoms with Gasteiger partial charge in [0.25, 0.3) is 0 Å². The molecular formula is C8H11Cl3O2. The van der Waals surface area contributed by atoms with Crippen LogP contribution in [0.1, 0.15) is 26.2 Å². The van der Waals surface area contributed by atoms with Crippen molar-refractivity contribution in [1.29, 1.82) is 0 Å². The van der Waals surface area contributed by atoms with Gasteiger partial charge in [-0.3, -0.25) is 4.79 Å². The summed E-state index contributed by atoms with van der Waals surface area (Å²) in [5.74, 6) is -0.405. The lowest BCUT2D eigenvalue weighted by Gasteiger charge is -2.02. The Labute approximate surface area is 92.8 Å². The van der Waals surface area contributed by atoms with Crippen LogP contribution in [0.15, 0.2) is 9.52 Å². The second kappa shape index (κ2) is 7.48. The molecule has 0 saturated heterocycles. The molecule has 0 radical (unpaired) electrons. The maximum atomic E-state index is 11.0. The molecule has 76 valence electrons. The van der Waals surface area contributed by atoms with Gasteiger partial charge in [0, 0.05) is 0 Å². The van der Waals surface area contributed by atoms with Crippen LogP contribution in [0.25, 0.3) is 0 Å². The molecule has 0 amide bonds. The van der Waals surface area contributed by atoms with Crippen molar-refractivity contribution in [3.63, 3.8) is 0 Å². The first-order chi connectivity index (χ1) is 6.07. The summed E-state index contributed by atoms with van der Waals surface area (Å²) in [6.45, 7) is 2.43. The molecule has 0 saturated carbocycles. The van der Waals surface area contributed by atoms with Crippen LogP contribution < -0.4 is 0 Å². The lowest BCUT2D eigenvalue weighted by molar-refractivity contribution is -0.142. The molecule has 13 heavy (non-hydrogen) atoms. The summed E-state index contributed by atoms with van der Waals surface area (Å²) in [4.78, 5) is 11.0. The van der Waals surface area contributed by atoms with Gasteiger partial charge in [-0.2, -0.15) is 0 Å². The van der Waals surface area contributed by atoms with Gasteiger partial charge in [-0.15, -0.1) is 0 Å². The molecule has 0 aliphatic carbocycles. The number of unbranched alkanes of at least 4 members (excludes halogenated alkanes) is 1. The van der Waals surface area contributed by atoms with E-state index in [9.17, 15) is 4.79 Å². The number of carbonyl (C=O) groups is 1. The largest absolute Gasteiger partial charge is 0.465 e. The molecule has 0 spiro atoms. The van der Waals surface area contributed by atoms with Crippen LogP contribution in [0.4, 0.5) is 0 Å². The molecule has 0 bridgehead atoms. The lowest BCUT2D eigenvalue weighted by Crippen LogP contribution is -2.05. The van der Waals surface area contributed by atoms with E-state index in [1.165, 1.54) is 0 Å². The Morgan fingerprint density at radius 2 is 1.92 bits per heavy atom. The first kappa shape index (κ1) is 13.1. The highest BCUT2D eigenvalue weighted by Gasteiger charge is 2.07. The monoisotopic (exact) mass is 244 g/mol. The maximum absolute atomic E-state index is 11.0. The van der Waals surface area contributed by atoms with Gasteiger partial charge >= 0.3 is 5.97 Å². The highest BCUT2D eigenvalue weighted by molar-refractivity contribution is 6.59. The Bertz CT molecular complexity index is 198. The molecule has 0 aliphatic heterocycles. The fourth-order valence-electron chi connectivity index (χ4n) is 0.575. The Kier molecular flexibility index (Phi) is 7.53. The molecule has 0 unspecified atom stereocenters. The Morgan fingerprint density at radius 1 is 1.31 bits per heavy atom. The van der Waals surface area contributed by atoms with E-state index in [0.29, 0.717) is 6.61 Å². The van der Waals surface area contributed by atoms with Crippen molar-refractivity contribution in [3.8, 4) is 0 Å². The predicted molar refractivity (Wildman–Crippen MR) is 55.1 cm³/mol. The normalized spacial score (nSPS) is 9.54. The van der Waals surface area contributed by atoms with Gasteiger partial charge in [-0.05, 0) is 6.42 Å². The number of esters is 1. The zero-order valence-corrected chi connectivity index (χ0v) is 9.55. The topological polar surface area (TPSA) is 26.3 Å². The van der Waals surface area contributed by atoms with Crippen LogP contribution in [0.2, 0.25) is 0 Å². The van der Waals surface area contributed by atoms with Gasteiger partial charge in [0.2, 0.25) is 0 Å². The van der Waals surface area contributed by atoms with Crippen LogP contribution >= 0.6 is 34.8 Å². The molecule has 2 nitrogen and oxygen atoms in total. The van der Waals surface area contributed by atoms with Crippen LogP contribution in [0, 0.1) is 0 Å². The minimum atomic E-state index is -0.405. The molecule has 0 aromatic rings. The van der Waals surface area contributed by atoms with Crippen LogP contribution in [0.3, 0.4) is 0 Å². The van der Waals surface area contributed by atoms with E-state index in [-0.39, 0.29) is 15.9 Å². The quantitative estimate of drug-likeness (QED) is 0.546. The number of rotatable bonds is 5. The summed E-state index contributed by atoms with van der Waals surface area (Å²) < 4.78 is 4.74. The van der Waals surface area contributed by atoms with E-state index in [1.54, 1.807) is 0 Å². The first-order valence-electron chi connectivity index (χ1n) is 3.93. The zero-order valence-electron chi connectivity index (χ0n) is 7.28. The third-order valence-corrected chi connectivity index (χ3v) is 2.24. The van der Waals surface area contributed by atoms with Gasteiger partial charge < -0.3 is 4.74 Å². The van der Waals surface area contributed by atoms with Crippen molar-refractivity contribution in [2.24, 2.45) is 0 Å². The highest BCUT2D eigenvalue weighted by atomic mass is 35.5. The van der Waals surface area contributed by atoms with E-state index in [2.05, 4.69) is 0 Å². The fraction of sp³-hybridized carbons (Fsp3) is 0.625. The average molecular weight is 246 g/mol. The molecule has 5 heteroatoms. The SMILES string of the molecule is CCCCOC(=O)CC(Cl)=C(Cl)Cl. The van der Waals surface area contributed by atoms with E-state index in [1.807, 2.05) is 6.92 Å². The summed E-state index contributed by atoms with van der Waals surface area (Å²) >= 11 is 16.2. The summed E-state index contributed by atoms with van der Waals surface area (Å²) in [6.07, 6.45) is 1.77. The van der Waals surface area contributed by atoms with Crippen LogP contribution in [-0.4, -0.2) is 12.6 Å². The minimum Gasteiger partial charge on any atom is -0.465 e. The summed E-state index contributed by atoms with van der Waals surface area (Å²) in [7, 11) is 0. The summed E-state index contributed by atoms with van der Waals surface area (Å²) in [5.41, 5.74) is 0. The number of ether oxygens (including phenoxy) is 1. The highest BCUT2D eigenvalue weighted by Crippen LogP contribution is 2.20. The standard InChI is InChI=1S/C8H11Cl3O2/c1-2-3-4-13-7(12)5-6(9)8(10)11/h2-5H2,1H3. The van der Waals surface area contributed by atoms with Gasteiger partial charge in [0.1, 0.15) is 4.49 Å². The first-order valence-corrected chi connectivity index (χ1v) is 5.06. The van der Waals surface area contributed by atoms with Crippen molar-refractivity contribution in [2.45, 2.75) is 26.2 Å². The van der Waals surface area contributed by atoms with E-state index in [4.69, 9.17) is 39.5 Å². The molecular weight excluding hydrogens is 234 g/mol. The molecule has 0 aliphatic rings. The zero-order chi connectivity index (χ0) is 10.3. The molecule has 0 aromatic heterocycles. The summed E-state index contributed by atoms with van der Waals surface area (Å²) in [5, 5.41) is 0.116. The molecule has 0 atom stereocenters. The molecule has 0 N–H and O–H groups in total. The summed E-state index contributed by atoms with van der Waals surface area (Å²) in [6, 6.07) is 0. The van der Waals surface area contributed by atoms with E-state index >= 15 is 0 Å².